The molecule has 1 amide bonds. The van der Waals surface area contributed by atoms with Gasteiger partial charge in [-0.25, -0.2) is 0 Å². The van der Waals surface area contributed by atoms with Crippen LogP contribution >= 0.6 is 0 Å². The number of rotatable bonds is 6. The van der Waals surface area contributed by atoms with E-state index < -0.39 is 0 Å². The van der Waals surface area contributed by atoms with Crippen LogP contribution in [0.3, 0.4) is 0 Å². The second-order valence-electron chi connectivity index (χ2n) is 7.97. The summed E-state index contributed by atoms with van der Waals surface area (Å²) in [6.45, 7) is 0.476. The number of nitriles is 1. The lowest BCUT2D eigenvalue weighted by molar-refractivity contribution is -0.117. The minimum Gasteiger partial charge on any atom is -0.489 e. The van der Waals surface area contributed by atoms with Crippen LogP contribution in [-0.2, 0) is 11.4 Å². The van der Waals surface area contributed by atoms with Gasteiger partial charge in [0.1, 0.15) is 24.0 Å². The molecular weight excluding hydrogens is 384 g/mol. The molecule has 1 N–H and O–H groups in total. The fraction of sp³-hybridized carbons (Fsp3) is 0.259. The van der Waals surface area contributed by atoms with Crippen molar-refractivity contribution in [1.29, 1.82) is 5.26 Å². The summed E-state index contributed by atoms with van der Waals surface area (Å²) in [5.41, 5.74) is 2.07. The van der Waals surface area contributed by atoms with E-state index in [0.717, 1.165) is 42.6 Å². The van der Waals surface area contributed by atoms with E-state index in [1.54, 1.807) is 6.08 Å². The maximum atomic E-state index is 12.5. The molecule has 0 atom stereocenters. The summed E-state index contributed by atoms with van der Waals surface area (Å²) in [7, 11) is 0. The lowest BCUT2D eigenvalue weighted by Gasteiger charge is -2.22. The van der Waals surface area contributed by atoms with Gasteiger partial charge in [0, 0.05) is 6.04 Å². The number of nitrogens with zero attached hydrogens (tertiary/aromatic N) is 1. The van der Waals surface area contributed by atoms with Crippen LogP contribution < -0.4 is 10.1 Å². The van der Waals surface area contributed by atoms with E-state index in [2.05, 4.69) is 29.6 Å². The smallest absolute Gasteiger partial charge is 0.262 e. The Hall–Kier alpha value is -3.58. The number of hydrogen-bond acceptors (Lipinski definition) is 3. The molecule has 4 nitrogen and oxygen atoms in total. The number of ether oxygens (including phenoxy) is 1. The van der Waals surface area contributed by atoms with E-state index >= 15 is 0 Å². The Morgan fingerprint density at radius 2 is 1.74 bits per heavy atom. The number of fused-ring (bicyclic) bond motifs is 1. The Labute approximate surface area is 183 Å². The normalized spacial score (nSPS) is 14.7. The van der Waals surface area contributed by atoms with E-state index in [0.29, 0.717) is 6.61 Å². The summed E-state index contributed by atoms with van der Waals surface area (Å²) in [5, 5.41) is 14.8. The van der Waals surface area contributed by atoms with Gasteiger partial charge in [0.2, 0.25) is 0 Å². The molecule has 0 aromatic heterocycles. The lowest BCUT2D eigenvalue weighted by Crippen LogP contribution is -2.36. The van der Waals surface area contributed by atoms with E-state index in [4.69, 9.17) is 4.74 Å². The molecule has 4 rings (SSSR count). The number of amides is 1. The molecule has 0 spiro atoms. The van der Waals surface area contributed by atoms with Crippen LogP contribution in [0.1, 0.15) is 43.2 Å². The third-order valence-electron chi connectivity index (χ3n) is 5.77. The van der Waals surface area contributed by atoms with Crippen LogP contribution in [0.25, 0.3) is 16.8 Å². The summed E-state index contributed by atoms with van der Waals surface area (Å²) in [4.78, 5) is 12.5. The molecular formula is C27H26N2O2. The lowest BCUT2D eigenvalue weighted by atomic mass is 9.95. The zero-order valence-corrected chi connectivity index (χ0v) is 17.5. The Morgan fingerprint density at radius 1 is 1.00 bits per heavy atom. The summed E-state index contributed by atoms with van der Waals surface area (Å²) in [6.07, 6.45) is 7.11. The molecule has 1 saturated carbocycles. The summed E-state index contributed by atoms with van der Waals surface area (Å²) in [6, 6.07) is 24.1. The third kappa shape index (κ3) is 5.32. The first kappa shape index (κ1) is 20.7. The maximum Gasteiger partial charge on any atom is 0.262 e. The van der Waals surface area contributed by atoms with Gasteiger partial charge >= 0.3 is 0 Å². The molecule has 0 unspecified atom stereocenters. The van der Waals surface area contributed by atoms with Crippen LogP contribution in [-0.4, -0.2) is 11.9 Å². The average molecular weight is 411 g/mol. The summed E-state index contributed by atoms with van der Waals surface area (Å²) < 4.78 is 5.97. The van der Waals surface area contributed by atoms with Crippen LogP contribution in [0.15, 0.2) is 72.3 Å². The topological polar surface area (TPSA) is 62.1 Å². The van der Waals surface area contributed by atoms with Crippen molar-refractivity contribution in [2.75, 3.05) is 0 Å². The SMILES string of the molecule is N#C/C(=C\c1ccc(OCc2cccc3ccccc23)cc1)C(=O)NC1CCCCC1. The Balaban J connectivity index is 1.40. The van der Waals surface area contributed by atoms with E-state index in [1.807, 2.05) is 48.5 Å². The van der Waals surface area contributed by atoms with Gasteiger partial charge in [-0.1, -0.05) is 73.9 Å². The fourth-order valence-corrected chi connectivity index (χ4v) is 4.07. The highest BCUT2D eigenvalue weighted by molar-refractivity contribution is 6.01. The van der Waals surface area contributed by atoms with Crippen LogP contribution in [0.5, 0.6) is 5.75 Å². The summed E-state index contributed by atoms with van der Waals surface area (Å²) >= 11 is 0. The largest absolute Gasteiger partial charge is 0.489 e. The molecule has 0 saturated heterocycles. The molecule has 3 aromatic carbocycles. The molecule has 1 aliphatic carbocycles. The standard InChI is InChI=1S/C27H26N2O2/c28-18-23(27(30)29-24-10-2-1-3-11-24)17-20-13-15-25(16-14-20)31-19-22-9-6-8-21-7-4-5-12-26(21)22/h4-9,12-17,24H,1-3,10-11,19H2,(H,29,30)/b23-17+. The molecule has 0 radical (unpaired) electrons. The van der Waals surface area contributed by atoms with Crippen molar-refractivity contribution in [2.24, 2.45) is 0 Å². The molecule has 1 aliphatic rings. The van der Waals surface area contributed by atoms with Crippen molar-refractivity contribution < 1.29 is 9.53 Å². The number of carbonyl (C=O) groups is 1. The fourth-order valence-electron chi connectivity index (χ4n) is 4.07. The van der Waals surface area contributed by atoms with Crippen molar-refractivity contribution in [3.05, 3.63) is 83.4 Å². The van der Waals surface area contributed by atoms with Crippen molar-refractivity contribution in [3.8, 4) is 11.8 Å². The predicted octanol–water partition coefficient (Wildman–Crippen LogP) is 5.77. The maximum absolute atomic E-state index is 12.5. The van der Waals surface area contributed by atoms with Crippen molar-refractivity contribution >= 4 is 22.8 Å². The van der Waals surface area contributed by atoms with Gasteiger partial charge in [0.15, 0.2) is 0 Å². The zero-order chi connectivity index (χ0) is 21.5. The molecule has 156 valence electrons. The quantitative estimate of drug-likeness (QED) is 0.414. The third-order valence-corrected chi connectivity index (χ3v) is 5.77. The minimum atomic E-state index is -0.286. The first-order valence-corrected chi connectivity index (χ1v) is 10.8. The molecule has 1 fully saturated rings. The van der Waals surface area contributed by atoms with Gasteiger partial charge in [-0.05, 0) is 52.9 Å². The number of hydrogen-bond donors (Lipinski definition) is 1. The number of benzene rings is 3. The predicted molar refractivity (Wildman–Crippen MR) is 123 cm³/mol. The molecule has 0 bridgehead atoms. The Bertz CT molecular complexity index is 1110. The van der Waals surface area contributed by atoms with Gasteiger partial charge in [-0.15, -0.1) is 0 Å². The van der Waals surface area contributed by atoms with Crippen molar-refractivity contribution in [1.82, 2.24) is 5.32 Å². The second kappa shape index (κ2) is 9.95. The molecule has 0 heterocycles. The van der Waals surface area contributed by atoms with Gasteiger partial charge in [-0.3, -0.25) is 4.79 Å². The first-order valence-electron chi connectivity index (χ1n) is 10.8. The van der Waals surface area contributed by atoms with E-state index in [9.17, 15) is 10.1 Å². The highest BCUT2D eigenvalue weighted by Gasteiger charge is 2.18. The van der Waals surface area contributed by atoms with E-state index in [-0.39, 0.29) is 17.5 Å². The highest BCUT2D eigenvalue weighted by atomic mass is 16.5. The Morgan fingerprint density at radius 3 is 2.52 bits per heavy atom. The van der Waals surface area contributed by atoms with Crippen LogP contribution in [0, 0.1) is 11.3 Å². The summed E-state index contributed by atoms with van der Waals surface area (Å²) in [5.74, 6) is 0.459. The van der Waals surface area contributed by atoms with Gasteiger partial charge in [-0.2, -0.15) is 5.26 Å². The second-order valence-corrected chi connectivity index (χ2v) is 7.97. The molecule has 0 aliphatic heterocycles. The molecule has 31 heavy (non-hydrogen) atoms. The van der Waals surface area contributed by atoms with Gasteiger partial charge in [0.25, 0.3) is 5.91 Å². The first-order chi connectivity index (χ1) is 15.2. The van der Waals surface area contributed by atoms with Crippen LogP contribution in [0.2, 0.25) is 0 Å². The Kier molecular flexibility index (Phi) is 6.64. The van der Waals surface area contributed by atoms with E-state index in [1.165, 1.54) is 17.2 Å². The minimum absolute atomic E-state index is 0.134. The highest BCUT2D eigenvalue weighted by Crippen LogP contribution is 2.22. The van der Waals surface area contributed by atoms with Crippen molar-refractivity contribution in [3.63, 3.8) is 0 Å². The van der Waals surface area contributed by atoms with Crippen LogP contribution in [0.4, 0.5) is 0 Å². The zero-order valence-electron chi connectivity index (χ0n) is 17.5. The number of nitrogens with one attached hydrogen (secondary N) is 1. The average Bonchev–Trinajstić information content (AvgIpc) is 2.82. The monoisotopic (exact) mass is 410 g/mol. The molecule has 3 aromatic rings. The molecule has 4 heteroatoms. The van der Waals surface area contributed by atoms with Crippen molar-refractivity contribution in [2.45, 2.75) is 44.8 Å². The van der Waals surface area contributed by atoms with Gasteiger partial charge < -0.3 is 10.1 Å². The number of carbonyl (C=O) groups excluding carboxylic acids is 1. The van der Waals surface area contributed by atoms with Gasteiger partial charge in [0.05, 0.1) is 0 Å².